The summed E-state index contributed by atoms with van der Waals surface area (Å²) >= 11 is 0. The monoisotopic (exact) mass is 314 g/mol. The highest BCUT2D eigenvalue weighted by Crippen LogP contribution is 2.20. The maximum atomic E-state index is 12.5. The lowest BCUT2D eigenvalue weighted by Crippen LogP contribution is -2.36. The first-order valence-electron chi connectivity index (χ1n) is 7.50. The Bertz CT molecular complexity index is 658. The van der Waals surface area contributed by atoms with Gasteiger partial charge in [-0.3, -0.25) is 0 Å². The fourth-order valence-electron chi connectivity index (χ4n) is 2.32. The summed E-state index contributed by atoms with van der Waals surface area (Å²) in [6, 6.07) is 14.9. The van der Waals surface area contributed by atoms with Crippen LogP contribution >= 0.6 is 0 Å². The summed E-state index contributed by atoms with van der Waals surface area (Å²) in [5.74, 6) is 0.721. The van der Waals surface area contributed by atoms with Gasteiger partial charge in [-0.25, -0.2) is 4.79 Å². The number of hydrogen-bond donors (Lipinski definition) is 2. The molecule has 122 valence electrons. The minimum atomic E-state index is -0.251. The van der Waals surface area contributed by atoms with E-state index in [0.717, 1.165) is 22.6 Å². The molecule has 0 aliphatic rings. The van der Waals surface area contributed by atoms with Crippen molar-refractivity contribution >= 4 is 11.7 Å². The fraction of sp³-hybridized carbons (Fsp3) is 0.278. The number of aliphatic hydroxyl groups is 1. The van der Waals surface area contributed by atoms with Crippen LogP contribution in [0.2, 0.25) is 0 Å². The number of carbonyl (C=O) groups is 1. The molecule has 0 saturated heterocycles. The van der Waals surface area contributed by atoms with Crippen LogP contribution in [0.15, 0.2) is 48.5 Å². The number of aliphatic hydroxyl groups excluding tert-OH is 1. The van der Waals surface area contributed by atoms with E-state index in [4.69, 9.17) is 4.74 Å². The van der Waals surface area contributed by atoms with E-state index in [1.54, 1.807) is 12.0 Å². The van der Waals surface area contributed by atoms with Crippen LogP contribution in [0, 0.1) is 6.92 Å². The van der Waals surface area contributed by atoms with Gasteiger partial charge in [0.2, 0.25) is 0 Å². The summed E-state index contributed by atoms with van der Waals surface area (Å²) in [5, 5.41) is 12.1. The summed E-state index contributed by atoms with van der Waals surface area (Å²) in [7, 11) is 1.60. The van der Waals surface area contributed by atoms with Crippen LogP contribution in [-0.2, 0) is 6.54 Å². The second-order valence-corrected chi connectivity index (χ2v) is 5.20. The predicted molar refractivity (Wildman–Crippen MR) is 90.7 cm³/mol. The van der Waals surface area contributed by atoms with Crippen molar-refractivity contribution in [2.75, 3.05) is 25.6 Å². The SMILES string of the molecule is COc1ccccc1CN(CCO)C(=O)Nc1ccccc1C. The van der Waals surface area contributed by atoms with E-state index in [1.165, 1.54) is 0 Å². The van der Waals surface area contributed by atoms with Gasteiger partial charge < -0.3 is 20.1 Å². The Morgan fingerprint density at radius 3 is 2.57 bits per heavy atom. The molecule has 0 aliphatic carbocycles. The van der Waals surface area contributed by atoms with E-state index >= 15 is 0 Å². The number of nitrogens with one attached hydrogen (secondary N) is 1. The summed E-state index contributed by atoms with van der Waals surface area (Å²) in [4.78, 5) is 14.1. The number of hydrogen-bond acceptors (Lipinski definition) is 3. The summed E-state index contributed by atoms with van der Waals surface area (Å²) in [6.45, 7) is 2.45. The molecule has 2 aromatic carbocycles. The van der Waals surface area contributed by atoms with Crippen LogP contribution in [0.3, 0.4) is 0 Å². The van der Waals surface area contributed by atoms with Gasteiger partial charge >= 0.3 is 6.03 Å². The molecule has 5 heteroatoms. The van der Waals surface area contributed by atoms with Crippen molar-refractivity contribution in [2.45, 2.75) is 13.5 Å². The zero-order chi connectivity index (χ0) is 16.7. The Labute approximate surface area is 136 Å². The first-order valence-corrected chi connectivity index (χ1v) is 7.50. The van der Waals surface area contributed by atoms with Crippen LogP contribution in [0.25, 0.3) is 0 Å². The number of anilines is 1. The molecule has 0 unspecified atom stereocenters. The third kappa shape index (κ3) is 4.47. The molecule has 0 atom stereocenters. The number of ether oxygens (including phenoxy) is 1. The molecule has 2 rings (SSSR count). The Hall–Kier alpha value is -2.53. The van der Waals surface area contributed by atoms with Crippen molar-refractivity contribution in [2.24, 2.45) is 0 Å². The molecule has 0 radical (unpaired) electrons. The zero-order valence-corrected chi connectivity index (χ0v) is 13.5. The number of para-hydroxylation sites is 2. The van der Waals surface area contributed by atoms with Gasteiger partial charge in [-0.15, -0.1) is 0 Å². The van der Waals surface area contributed by atoms with E-state index < -0.39 is 0 Å². The molecule has 0 heterocycles. The highest BCUT2D eigenvalue weighted by Gasteiger charge is 2.16. The van der Waals surface area contributed by atoms with Gasteiger partial charge in [0.05, 0.1) is 20.3 Å². The lowest BCUT2D eigenvalue weighted by molar-refractivity contribution is 0.184. The van der Waals surface area contributed by atoms with Gasteiger partial charge in [-0.1, -0.05) is 36.4 Å². The minimum Gasteiger partial charge on any atom is -0.496 e. The van der Waals surface area contributed by atoms with E-state index in [2.05, 4.69) is 5.32 Å². The highest BCUT2D eigenvalue weighted by atomic mass is 16.5. The van der Waals surface area contributed by atoms with Crippen LogP contribution in [0.5, 0.6) is 5.75 Å². The highest BCUT2D eigenvalue weighted by molar-refractivity contribution is 5.90. The van der Waals surface area contributed by atoms with Crippen molar-refractivity contribution in [3.05, 3.63) is 59.7 Å². The molecule has 0 aliphatic heterocycles. The molecule has 0 fully saturated rings. The van der Waals surface area contributed by atoms with Gasteiger partial charge in [-0.05, 0) is 24.6 Å². The Morgan fingerprint density at radius 2 is 1.87 bits per heavy atom. The summed E-state index contributed by atoms with van der Waals surface area (Å²) in [5.41, 5.74) is 2.64. The molecule has 2 N–H and O–H groups in total. The number of amides is 2. The molecule has 0 bridgehead atoms. The zero-order valence-electron chi connectivity index (χ0n) is 13.5. The first kappa shape index (κ1) is 16.8. The standard InChI is InChI=1S/C18H22N2O3/c1-14-7-3-5-9-16(14)19-18(22)20(11-12-21)13-15-8-4-6-10-17(15)23-2/h3-10,21H,11-13H2,1-2H3,(H,19,22). The van der Waals surface area contributed by atoms with Crippen molar-refractivity contribution in [3.8, 4) is 5.75 Å². The number of aryl methyl sites for hydroxylation is 1. The average molecular weight is 314 g/mol. The van der Waals surface area contributed by atoms with Crippen LogP contribution in [0.4, 0.5) is 10.5 Å². The quantitative estimate of drug-likeness (QED) is 0.861. The summed E-state index contributed by atoms with van der Waals surface area (Å²) < 4.78 is 5.32. The lowest BCUT2D eigenvalue weighted by Gasteiger charge is -2.23. The molecule has 0 aromatic heterocycles. The van der Waals surface area contributed by atoms with Crippen molar-refractivity contribution in [1.29, 1.82) is 0 Å². The van der Waals surface area contributed by atoms with E-state index in [9.17, 15) is 9.90 Å². The second kappa shape index (κ2) is 8.19. The molecular weight excluding hydrogens is 292 g/mol. The van der Waals surface area contributed by atoms with Gasteiger partial charge in [0.15, 0.2) is 0 Å². The molecule has 2 amide bonds. The van der Waals surface area contributed by atoms with Gasteiger partial charge in [0.25, 0.3) is 0 Å². The van der Waals surface area contributed by atoms with Crippen LogP contribution in [-0.4, -0.2) is 36.3 Å². The molecule has 2 aromatic rings. The molecule has 0 saturated carbocycles. The Morgan fingerprint density at radius 1 is 1.17 bits per heavy atom. The number of benzene rings is 2. The number of urea groups is 1. The van der Waals surface area contributed by atoms with Crippen molar-refractivity contribution in [1.82, 2.24) is 4.90 Å². The van der Waals surface area contributed by atoms with Gasteiger partial charge in [0, 0.05) is 17.8 Å². The fourth-order valence-corrected chi connectivity index (χ4v) is 2.32. The Balaban J connectivity index is 2.14. The molecular formula is C18H22N2O3. The summed E-state index contributed by atoms with van der Waals surface area (Å²) in [6.07, 6.45) is 0. The van der Waals surface area contributed by atoms with E-state index in [0.29, 0.717) is 6.54 Å². The first-order chi connectivity index (χ1) is 11.2. The normalized spacial score (nSPS) is 10.2. The minimum absolute atomic E-state index is 0.101. The molecule has 0 spiro atoms. The number of methoxy groups -OCH3 is 1. The van der Waals surface area contributed by atoms with Crippen molar-refractivity contribution < 1.29 is 14.6 Å². The van der Waals surface area contributed by atoms with Crippen LogP contribution < -0.4 is 10.1 Å². The third-order valence-corrected chi connectivity index (χ3v) is 3.60. The second-order valence-electron chi connectivity index (χ2n) is 5.20. The number of nitrogens with zero attached hydrogens (tertiary/aromatic N) is 1. The average Bonchev–Trinajstić information content (AvgIpc) is 2.57. The lowest BCUT2D eigenvalue weighted by atomic mass is 10.2. The Kier molecular flexibility index (Phi) is 6.00. The van der Waals surface area contributed by atoms with Gasteiger partial charge in [-0.2, -0.15) is 0 Å². The van der Waals surface area contributed by atoms with E-state index in [-0.39, 0.29) is 19.2 Å². The smallest absolute Gasteiger partial charge is 0.322 e. The van der Waals surface area contributed by atoms with Crippen molar-refractivity contribution in [3.63, 3.8) is 0 Å². The van der Waals surface area contributed by atoms with Gasteiger partial charge in [0.1, 0.15) is 5.75 Å². The molecule has 23 heavy (non-hydrogen) atoms. The number of carbonyl (C=O) groups excluding carboxylic acids is 1. The van der Waals surface area contributed by atoms with Crippen LogP contribution in [0.1, 0.15) is 11.1 Å². The topological polar surface area (TPSA) is 61.8 Å². The maximum Gasteiger partial charge on any atom is 0.322 e. The number of rotatable bonds is 6. The largest absolute Gasteiger partial charge is 0.496 e. The third-order valence-electron chi connectivity index (χ3n) is 3.60. The maximum absolute atomic E-state index is 12.5. The predicted octanol–water partition coefficient (Wildman–Crippen LogP) is 3.03. The molecule has 5 nitrogen and oxygen atoms in total. The van der Waals surface area contributed by atoms with E-state index in [1.807, 2.05) is 55.5 Å².